The van der Waals surface area contributed by atoms with Crippen LogP contribution in [0.3, 0.4) is 0 Å². The summed E-state index contributed by atoms with van der Waals surface area (Å²) < 4.78 is 10.7. The van der Waals surface area contributed by atoms with E-state index in [2.05, 4.69) is 4.90 Å². The number of piperidine rings is 2. The van der Waals surface area contributed by atoms with Crippen molar-refractivity contribution in [3.05, 3.63) is 24.2 Å². The van der Waals surface area contributed by atoms with Crippen LogP contribution in [-0.2, 0) is 4.74 Å². The molecule has 1 saturated carbocycles. The number of amides is 1. The molecule has 126 valence electrons. The number of ether oxygens (including phenoxy) is 1. The molecule has 1 unspecified atom stereocenters. The number of nitrogens with zero attached hydrogens (tertiary/aromatic N) is 2. The van der Waals surface area contributed by atoms with Gasteiger partial charge in [-0.15, -0.1) is 0 Å². The van der Waals surface area contributed by atoms with Crippen LogP contribution in [0, 0.1) is 0 Å². The van der Waals surface area contributed by atoms with Crippen LogP contribution in [0.4, 0.5) is 0 Å². The number of fused-ring (bicyclic) bond motifs is 3. The zero-order valence-corrected chi connectivity index (χ0v) is 13.3. The highest BCUT2D eigenvalue weighted by molar-refractivity contribution is 5.92. The SMILES string of the molecule is O=C(c1ccco1)N1C2CCC(O)(CC2)C1CN1CCOCC1. The first-order chi connectivity index (χ1) is 11.2. The van der Waals surface area contributed by atoms with E-state index in [0.717, 1.165) is 52.0 Å². The molecule has 4 aliphatic rings. The van der Waals surface area contributed by atoms with E-state index in [4.69, 9.17) is 9.15 Å². The first kappa shape index (κ1) is 15.2. The number of hydrogen-bond donors (Lipinski definition) is 1. The van der Waals surface area contributed by atoms with Crippen LogP contribution >= 0.6 is 0 Å². The predicted molar refractivity (Wildman–Crippen MR) is 83.1 cm³/mol. The minimum absolute atomic E-state index is 0.0870. The van der Waals surface area contributed by atoms with E-state index in [0.29, 0.717) is 12.3 Å². The molecule has 0 spiro atoms. The lowest BCUT2D eigenvalue weighted by Crippen LogP contribution is -2.69. The van der Waals surface area contributed by atoms with Gasteiger partial charge >= 0.3 is 0 Å². The Kier molecular flexibility index (Phi) is 3.91. The van der Waals surface area contributed by atoms with Gasteiger partial charge in [0.25, 0.3) is 5.91 Å². The number of carbonyl (C=O) groups excluding carboxylic acids is 1. The van der Waals surface area contributed by atoms with Gasteiger partial charge in [0, 0.05) is 25.7 Å². The Hall–Kier alpha value is -1.37. The number of furan rings is 1. The summed E-state index contributed by atoms with van der Waals surface area (Å²) in [4.78, 5) is 17.1. The Labute approximate surface area is 136 Å². The summed E-state index contributed by atoms with van der Waals surface area (Å²) in [5.74, 6) is 0.282. The summed E-state index contributed by atoms with van der Waals surface area (Å²) in [5.41, 5.74) is -0.769. The lowest BCUT2D eigenvalue weighted by Gasteiger charge is -2.56. The van der Waals surface area contributed by atoms with E-state index in [-0.39, 0.29) is 18.0 Å². The molecule has 4 heterocycles. The van der Waals surface area contributed by atoms with Gasteiger partial charge in [0.2, 0.25) is 0 Å². The second-order valence-corrected chi connectivity index (χ2v) is 6.95. The third-order valence-corrected chi connectivity index (χ3v) is 5.67. The van der Waals surface area contributed by atoms with Crippen LogP contribution in [0.15, 0.2) is 22.8 Å². The number of hydrogen-bond acceptors (Lipinski definition) is 5. The quantitative estimate of drug-likeness (QED) is 0.904. The molecular formula is C17H24N2O4. The fourth-order valence-electron chi connectivity index (χ4n) is 4.35. The fraction of sp³-hybridized carbons (Fsp3) is 0.706. The molecule has 3 saturated heterocycles. The molecule has 5 rings (SSSR count). The smallest absolute Gasteiger partial charge is 0.290 e. The Bertz CT molecular complexity index is 545. The Balaban J connectivity index is 1.59. The van der Waals surface area contributed by atoms with Gasteiger partial charge in [-0.1, -0.05) is 0 Å². The highest BCUT2D eigenvalue weighted by Gasteiger charge is 2.53. The average Bonchev–Trinajstić information content (AvgIpc) is 3.11. The van der Waals surface area contributed by atoms with Crippen LogP contribution in [0.2, 0.25) is 0 Å². The molecule has 4 fully saturated rings. The summed E-state index contributed by atoms with van der Waals surface area (Å²) in [6, 6.07) is 3.50. The maximum atomic E-state index is 12.9. The molecule has 1 aliphatic carbocycles. The molecular weight excluding hydrogens is 296 g/mol. The van der Waals surface area contributed by atoms with Gasteiger partial charge in [0.05, 0.1) is 31.1 Å². The van der Waals surface area contributed by atoms with Crippen LogP contribution < -0.4 is 0 Å². The number of rotatable bonds is 3. The maximum absolute atomic E-state index is 12.9. The van der Waals surface area contributed by atoms with E-state index < -0.39 is 5.60 Å². The summed E-state index contributed by atoms with van der Waals surface area (Å²) >= 11 is 0. The van der Waals surface area contributed by atoms with Crippen LogP contribution in [0.1, 0.15) is 36.2 Å². The van der Waals surface area contributed by atoms with Crippen molar-refractivity contribution in [2.45, 2.75) is 43.4 Å². The molecule has 1 aromatic rings. The van der Waals surface area contributed by atoms with Crippen molar-refractivity contribution >= 4 is 5.91 Å². The van der Waals surface area contributed by atoms with E-state index >= 15 is 0 Å². The van der Waals surface area contributed by atoms with Gasteiger partial charge in [0.1, 0.15) is 0 Å². The Morgan fingerprint density at radius 1 is 1.30 bits per heavy atom. The summed E-state index contributed by atoms with van der Waals surface area (Å²) in [6.07, 6.45) is 4.86. The van der Waals surface area contributed by atoms with Gasteiger partial charge in [-0.2, -0.15) is 0 Å². The summed E-state index contributed by atoms with van der Waals surface area (Å²) in [6.45, 7) is 3.88. The highest BCUT2D eigenvalue weighted by Crippen LogP contribution is 2.43. The summed E-state index contributed by atoms with van der Waals surface area (Å²) in [5, 5.41) is 11.1. The highest BCUT2D eigenvalue weighted by atomic mass is 16.5. The molecule has 1 atom stereocenters. The second kappa shape index (κ2) is 5.92. The lowest BCUT2D eigenvalue weighted by atomic mass is 9.70. The van der Waals surface area contributed by atoms with E-state index in [1.165, 1.54) is 6.26 Å². The lowest BCUT2D eigenvalue weighted by molar-refractivity contribution is -0.138. The monoisotopic (exact) mass is 320 g/mol. The molecule has 1 aromatic heterocycles. The first-order valence-electron chi connectivity index (χ1n) is 8.56. The van der Waals surface area contributed by atoms with E-state index in [1.54, 1.807) is 12.1 Å². The predicted octanol–water partition coefficient (Wildman–Crippen LogP) is 1.11. The zero-order chi connectivity index (χ0) is 15.9. The van der Waals surface area contributed by atoms with Crippen LogP contribution in [0.5, 0.6) is 0 Å². The van der Waals surface area contributed by atoms with E-state index in [9.17, 15) is 9.90 Å². The summed E-state index contributed by atoms with van der Waals surface area (Å²) in [7, 11) is 0. The standard InChI is InChI=1S/C17H24N2O4/c20-16(14-2-1-9-23-14)19-13-3-5-17(21,6-4-13)15(19)12-18-7-10-22-11-8-18/h1-2,9,13,15,21H,3-8,10-12H2. The zero-order valence-electron chi connectivity index (χ0n) is 13.3. The molecule has 1 amide bonds. The minimum atomic E-state index is -0.769. The van der Waals surface area contributed by atoms with Crippen LogP contribution in [-0.4, -0.2) is 71.3 Å². The topological polar surface area (TPSA) is 66.2 Å². The Morgan fingerprint density at radius 3 is 2.70 bits per heavy atom. The van der Waals surface area contributed by atoms with Gasteiger partial charge < -0.3 is 19.2 Å². The largest absolute Gasteiger partial charge is 0.459 e. The number of morpholine rings is 1. The minimum Gasteiger partial charge on any atom is -0.459 e. The molecule has 1 N–H and O–H groups in total. The maximum Gasteiger partial charge on any atom is 0.290 e. The van der Waals surface area contributed by atoms with Crippen molar-refractivity contribution < 1.29 is 19.1 Å². The first-order valence-corrected chi connectivity index (χ1v) is 8.56. The van der Waals surface area contributed by atoms with Gasteiger partial charge in [-0.3, -0.25) is 9.69 Å². The van der Waals surface area contributed by atoms with Crippen LogP contribution in [0.25, 0.3) is 0 Å². The molecule has 23 heavy (non-hydrogen) atoms. The second-order valence-electron chi connectivity index (χ2n) is 6.95. The molecule has 0 radical (unpaired) electrons. The third kappa shape index (κ3) is 2.69. The fourth-order valence-corrected chi connectivity index (χ4v) is 4.35. The van der Waals surface area contributed by atoms with Gasteiger partial charge in [-0.05, 0) is 37.8 Å². The van der Waals surface area contributed by atoms with Crippen molar-refractivity contribution in [2.24, 2.45) is 0 Å². The van der Waals surface area contributed by atoms with Crippen molar-refractivity contribution in [3.8, 4) is 0 Å². The molecule has 6 nitrogen and oxygen atoms in total. The molecule has 0 aromatic carbocycles. The third-order valence-electron chi connectivity index (χ3n) is 5.67. The van der Waals surface area contributed by atoms with Crippen molar-refractivity contribution in [3.63, 3.8) is 0 Å². The van der Waals surface area contributed by atoms with Crippen molar-refractivity contribution in [1.82, 2.24) is 9.80 Å². The molecule has 6 heteroatoms. The molecule has 3 aliphatic heterocycles. The normalized spacial score (nSPS) is 34.7. The average molecular weight is 320 g/mol. The van der Waals surface area contributed by atoms with Crippen molar-refractivity contribution in [2.75, 3.05) is 32.8 Å². The van der Waals surface area contributed by atoms with Crippen molar-refractivity contribution in [1.29, 1.82) is 0 Å². The number of aliphatic hydroxyl groups is 1. The van der Waals surface area contributed by atoms with Gasteiger partial charge in [0.15, 0.2) is 5.76 Å². The van der Waals surface area contributed by atoms with E-state index in [1.807, 2.05) is 4.90 Å². The Morgan fingerprint density at radius 2 is 2.04 bits per heavy atom. The van der Waals surface area contributed by atoms with Gasteiger partial charge in [-0.25, -0.2) is 0 Å². The number of carbonyl (C=O) groups is 1. The molecule has 2 bridgehead atoms.